The van der Waals surface area contributed by atoms with E-state index in [1.54, 1.807) is 11.8 Å². The maximum Gasteiger partial charge on any atom is 0.244 e. The van der Waals surface area contributed by atoms with Crippen LogP contribution in [0.2, 0.25) is 0 Å². The van der Waals surface area contributed by atoms with Crippen molar-refractivity contribution in [2.75, 3.05) is 31.3 Å². The van der Waals surface area contributed by atoms with Crippen molar-refractivity contribution < 1.29 is 4.74 Å². The second kappa shape index (κ2) is 6.03. The van der Waals surface area contributed by atoms with E-state index in [-0.39, 0.29) is 0 Å². The largest absolute Gasteiger partial charge is 0.383 e. The third-order valence-corrected chi connectivity index (χ3v) is 3.10. The Hall–Kier alpha value is -1.60. The van der Waals surface area contributed by atoms with Crippen LogP contribution in [0, 0.1) is 6.92 Å². The number of benzene rings is 1. The van der Waals surface area contributed by atoms with Crippen LogP contribution in [0.1, 0.15) is 5.56 Å². The van der Waals surface area contributed by atoms with Crippen molar-refractivity contribution in [2.45, 2.75) is 6.92 Å². The number of hydrogen-bond acceptors (Lipinski definition) is 5. The fourth-order valence-electron chi connectivity index (χ4n) is 1.70. The summed E-state index contributed by atoms with van der Waals surface area (Å²) >= 11 is 3.43. The highest BCUT2D eigenvalue weighted by Crippen LogP contribution is 2.21. The van der Waals surface area contributed by atoms with Gasteiger partial charge in [0.25, 0.3) is 0 Å². The van der Waals surface area contributed by atoms with Gasteiger partial charge in [0.15, 0.2) is 0 Å². The van der Waals surface area contributed by atoms with E-state index in [9.17, 15) is 0 Å². The fraction of sp³-hybridized carbons (Fsp3) is 0.333. The molecule has 0 saturated heterocycles. The van der Waals surface area contributed by atoms with Crippen LogP contribution in [-0.2, 0) is 4.74 Å². The maximum absolute atomic E-state index is 5.89. The van der Waals surface area contributed by atoms with Crippen LogP contribution in [0.15, 0.2) is 22.7 Å². The topological polar surface area (TPSA) is 78.0 Å². The van der Waals surface area contributed by atoms with Gasteiger partial charge in [-0.25, -0.2) is 0 Å². The molecule has 6 nitrogen and oxygen atoms in total. The Bertz CT molecular complexity index is 569. The van der Waals surface area contributed by atoms with Gasteiger partial charge in [0.05, 0.1) is 12.3 Å². The van der Waals surface area contributed by atoms with Crippen molar-refractivity contribution in [1.29, 1.82) is 0 Å². The normalized spacial score (nSPS) is 10.7. The number of halogens is 1. The standard InChI is InChI=1S/C12H16BrN5O/c1-8-7-9(13)3-4-10(8)18-11(14)16-12(17-18)15-5-6-19-2/h3-4,7H,5-6H2,1-2H3,(H3,14,15,16,17). The molecule has 0 aliphatic carbocycles. The number of methoxy groups -OCH3 is 1. The van der Waals surface area contributed by atoms with Crippen LogP contribution in [0.4, 0.5) is 11.9 Å². The van der Waals surface area contributed by atoms with E-state index in [4.69, 9.17) is 10.5 Å². The third kappa shape index (κ3) is 3.24. The molecule has 0 unspecified atom stereocenters. The molecule has 2 rings (SSSR count). The van der Waals surface area contributed by atoms with E-state index < -0.39 is 0 Å². The predicted molar refractivity (Wildman–Crippen MR) is 78.6 cm³/mol. The molecule has 0 atom stereocenters. The quantitative estimate of drug-likeness (QED) is 0.822. The molecule has 7 heteroatoms. The number of nitrogen functional groups attached to an aromatic ring is 1. The molecule has 2 aromatic rings. The molecule has 0 aliphatic rings. The smallest absolute Gasteiger partial charge is 0.244 e. The number of aryl methyl sites for hydroxylation is 1. The molecule has 1 heterocycles. The molecule has 19 heavy (non-hydrogen) atoms. The molecule has 0 spiro atoms. The molecular weight excluding hydrogens is 310 g/mol. The average Bonchev–Trinajstić information content (AvgIpc) is 2.71. The van der Waals surface area contributed by atoms with Gasteiger partial charge in [-0.1, -0.05) is 15.9 Å². The Kier molecular flexibility index (Phi) is 4.39. The van der Waals surface area contributed by atoms with Gasteiger partial charge in [-0.3, -0.25) is 0 Å². The van der Waals surface area contributed by atoms with Gasteiger partial charge in [0.1, 0.15) is 0 Å². The van der Waals surface area contributed by atoms with Gasteiger partial charge in [0, 0.05) is 18.1 Å². The van der Waals surface area contributed by atoms with Crippen LogP contribution in [0.25, 0.3) is 5.69 Å². The van der Waals surface area contributed by atoms with Crippen molar-refractivity contribution in [3.63, 3.8) is 0 Å². The zero-order valence-corrected chi connectivity index (χ0v) is 12.4. The molecule has 0 amide bonds. The lowest BCUT2D eigenvalue weighted by molar-refractivity contribution is 0.210. The van der Waals surface area contributed by atoms with E-state index in [1.165, 1.54) is 0 Å². The number of anilines is 2. The number of nitrogens with one attached hydrogen (secondary N) is 1. The third-order valence-electron chi connectivity index (χ3n) is 2.61. The van der Waals surface area contributed by atoms with Gasteiger partial charge >= 0.3 is 0 Å². The highest BCUT2D eigenvalue weighted by molar-refractivity contribution is 9.10. The molecular formula is C12H16BrN5O. The first-order valence-electron chi connectivity index (χ1n) is 5.83. The van der Waals surface area contributed by atoms with Crippen molar-refractivity contribution >= 4 is 27.8 Å². The summed E-state index contributed by atoms with van der Waals surface area (Å²) in [7, 11) is 1.65. The van der Waals surface area contributed by atoms with E-state index >= 15 is 0 Å². The van der Waals surface area contributed by atoms with Crippen LogP contribution in [-0.4, -0.2) is 35.0 Å². The van der Waals surface area contributed by atoms with Gasteiger partial charge in [0.2, 0.25) is 11.9 Å². The number of hydrogen-bond donors (Lipinski definition) is 2. The molecule has 0 aliphatic heterocycles. The maximum atomic E-state index is 5.89. The van der Waals surface area contributed by atoms with Crippen molar-refractivity contribution in [2.24, 2.45) is 0 Å². The molecule has 1 aromatic carbocycles. The zero-order chi connectivity index (χ0) is 13.8. The van der Waals surface area contributed by atoms with E-state index in [0.29, 0.717) is 25.0 Å². The van der Waals surface area contributed by atoms with E-state index in [0.717, 1.165) is 15.7 Å². The summed E-state index contributed by atoms with van der Waals surface area (Å²) in [5, 5.41) is 7.39. The highest BCUT2D eigenvalue weighted by atomic mass is 79.9. The average molecular weight is 326 g/mol. The lowest BCUT2D eigenvalue weighted by atomic mass is 10.2. The number of nitrogens with two attached hydrogens (primary N) is 1. The highest BCUT2D eigenvalue weighted by Gasteiger charge is 2.10. The molecule has 102 valence electrons. The van der Waals surface area contributed by atoms with Crippen LogP contribution in [0.3, 0.4) is 0 Å². The lowest BCUT2D eigenvalue weighted by Gasteiger charge is -2.06. The predicted octanol–water partition coefficient (Wildman–Crippen LogP) is 1.98. The molecule has 0 radical (unpaired) electrons. The first-order chi connectivity index (χ1) is 9.11. The van der Waals surface area contributed by atoms with E-state index in [2.05, 4.69) is 31.3 Å². The van der Waals surface area contributed by atoms with Gasteiger partial charge in [-0.05, 0) is 30.7 Å². The first-order valence-corrected chi connectivity index (χ1v) is 6.63. The first kappa shape index (κ1) is 13.8. The monoisotopic (exact) mass is 325 g/mol. The Morgan fingerprint density at radius 2 is 2.26 bits per heavy atom. The molecule has 0 saturated carbocycles. The summed E-state index contributed by atoms with van der Waals surface area (Å²) < 4.78 is 7.60. The second-order valence-corrected chi connectivity index (χ2v) is 4.97. The fourth-order valence-corrected chi connectivity index (χ4v) is 2.17. The van der Waals surface area contributed by atoms with Crippen LogP contribution in [0.5, 0.6) is 0 Å². The summed E-state index contributed by atoms with van der Waals surface area (Å²) in [6.45, 7) is 3.23. The number of nitrogens with zero attached hydrogens (tertiary/aromatic N) is 3. The number of rotatable bonds is 5. The van der Waals surface area contributed by atoms with Crippen molar-refractivity contribution in [1.82, 2.24) is 14.8 Å². The Morgan fingerprint density at radius 3 is 2.95 bits per heavy atom. The zero-order valence-electron chi connectivity index (χ0n) is 10.9. The van der Waals surface area contributed by atoms with Gasteiger partial charge < -0.3 is 15.8 Å². The van der Waals surface area contributed by atoms with Crippen LogP contribution < -0.4 is 11.1 Å². The van der Waals surface area contributed by atoms with E-state index in [1.807, 2.05) is 25.1 Å². The Balaban J connectivity index is 2.24. The Morgan fingerprint density at radius 1 is 1.47 bits per heavy atom. The van der Waals surface area contributed by atoms with Crippen LogP contribution >= 0.6 is 15.9 Å². The summed E-state index contributed by atoms with van der Waals surface area (Å²) in [4.78, 5) is 4.17. The molecule has 0 bridgehead atoms. The van der Waals surface area contributed by atoms with Crippen molar-refractivity contribution in [3.8, 4) is 5.69 Å². The summed E-state index contributed by atoms with van der Waals surface area (Å²) in [6.07, 6.45) is 0. The van der Waals surface area contributed by atoms with Gasteiger partial charge in [-0.15, -0.1) is 5.10 Å². The molecule has 0 fully saturated rings. The number of aromatic nitrogens is 3. The summed E-state index contributed by atoms with van der Waals surface area (Å²) in [6, 6.07) is 5.90. The minimum atomic E-state index is 0.352. The number of ether oxygens (including phenoxy) is 1. The summed E-state index contributed by atoms with van der Waals surface area (Å²) in [5.41, 5.74) is 7.87. The minimum Gasteiger partial charge on any atom is -0.383 e. The molecule has 1 aromatic heterocycles. The summed E-state index contributed by atoms with van der Waals surface area (Å²) in [5.74, 6) is 0.849. The van der Waals surface area contributed by atoms with Crippen molar-refractivity contribution in [3.05, 3.63) is 28.2 Å². The minimum absolute atomic E-state index is 0.352. The second-order valence-electron chi connectivity index (χ2n) is 4.06. The molecule has 3 N–H and O–H groups in total. The lowest BCUT2D eigenvalue weighted by Crippen LogP contribution is -2.09. The Labute approximate surface area is 120 Å². The SMILES string of the molecule is COCCNc1nc(N)n(-c2ccc(Br)cc2C)n1. The van der Waals surface area contributed by atoms with Gasteiger partial charge in [-0.2, -0.15) is 9.67 Å².